The fourth-order valence-electron chi connectivity index (χ4n) is 0. The van der Waals surface area contributed by atoms with Crippen molar-refractivity contribution in [3.05, 3.63) is 0 Å². The van der Waals surface area contributed by atoms with E-state index in [-0.39, 0.29) is 53.0 Å². The minimum Gasteiger partial charge on any atom is -0.481 e. The van der Waals surface area contributed by atoms with Crippen molar-refractivity contribution in [1.29, 1.82) is 0 Å². The summed E-state index contributed by atoms with van der Waals surface area (Å²) in [5, 5.41) is 7.72. The average molecular weight is 195 g/mol. The van der Waals surface area contributed by atoms with E-state index in [0.717, 1.165) is 0 Å². The van der Waals surface area contributed by atoms with Crippen molar-refractivity contribution in [2.45, 2.75) is 13.3 Å². The topological polar surface area (TPSA) is 37.3 Å². The molecule has 0 fully saturated rings. The smallest absolute Gasteiger partial charge is 0.303 e. The molecule has 50 valence electrons. The van der Waals surface area contributed by atoms with Crippen LogP contribution in [0.5, 0.6) is 0 Å². The molecule has 1 N–H and O–H groups in total. The molecule has 0 amide bonds. The van der Waals surface area contributed by atoms with Crippen LogP contribution in [0.15, 0.2) is 0 Å². The molecule has 0 unspecified atom stereocenters. The standard InChI is InChI=1S/C3H6O2.2ClH.Ti/c1-2-3(4)5;;;/h2H2,1H3,(H,4,5);2*1H;. The Balaban J connectivity index is -0.0000000267. The van der Waals surface area contributed by atoms with Crippen LogP contribution >= 0.6 is 24.8 Å². The Hall–Kier alpha value is 0.764. The first-order valence-electron chi connectivity index (χ1n) is 1.49. The van der Waals surface area contributed by atoms with Crippen LogP contribution in [0, 0.1) is 0 Å². The number of halogens is 2. The number of rotatable bonds is 1. The van der Waals surface area contributed by atoms with Crippen LogP contribution in [0.1, 0.15) is 13.3 Å². The quantitative estimate of drug-likeness (QED) is 0.640. The van der Waals surface area contributed by atoms with Crippen molar-refractivity contribution in [2.24, 2.45) is 0 Å². The molecule has 0 aliphatic rings. The molecule has 0 aromatic carbocycles. The van der Waals surface area contributed by atoms with Crippen molar-refractivity contribution >= 4 is 30.8 Å². The summed E-state index contributed by atoms with van der Waals surface area (Å²) in [6.07, 6.45) is 0.222. The molecule has 5 heteroatoms. The average Bonchev–Trinajstić information content (AvgIpc) is 1.38. The predicted molar refractivity (Wildman–Crippen MR) is 32.4 cm³/mol. The summed E-state index contributed by atoms with van der Waals surface area (Å²) in [5.41, 5.74) is 0. The Bertz CT molecular complexity index is 50.5. The molecular formula is C3H8Cl2O2Ti. The second-order valence-electron chi connectivity index (χ2n) is 0.747. The van der Waals surface area contributed by atoms with Gasteiger partial charge in [0.1, 0.15) is 0 Å². The van der Waals surface area contributed by atoms with Gasteiger partial charge in [-0.05, 0) is 0 Å². The zero-order valence-corrected chi connectivity index (χ0v) is 7.57. The maximum absolute atomic E-state index is 9.37. The third-order valence-electron chi connectivity index (χ3n) is 0.302. The van der Waals surface area contributed by atoms with E-state index in [1.165, 1.54) is 0 Å². The van der Waals surface area contributed by atoms with Crippen molar-refractivity contribution in [3.8, 4) is 0 Å². The molecule has 0 aliphatic carbocycles. The van der Waals surface area contributed by atoms with Gasteiger partial charge in [-0.25, -0.2) is 0 Å². The minimum atomic E-state index is -0.745. The monoisotopic (exact) mass is 194 g/mol. The minimum absolute atomic E-state index is 0. The van der Waals surface area contributed by atoms with Crippen LogP contribution < -0.4 is 0 Å². The summed E-state index contributed by atoms with van der Waals surface area (Å²) in [5.74, 6) is -0.745. The zero-order chi connectivity index (χ0) is 4.28. The van der Waals surface area contributed by atoms with Gasteiger partial charge in [0.2, 0.25) is 0 Å². The molecule has 0 atom stereocenters. The Labute approximate surface area is 75.7 Å². The van der Waals surface area contributed by atoms with Gasteiger partial charge in [-0.1, -0.05) is 6.92 Å². The van der Waals surface area contributed by atoms with E-state index in [2.05, 4.69) is 0 Å². The number of carboxylic acids is 1. The Morgan fingerprint density at radius 3 is 1.62 bits per heavy atom. The number of hydrogen-bond acceptors (Lipinski definition) is 1. The summed E-state index contributed by atoms with van der Waals surface area (Å²) >= 11 is 0. The number of aliphatic carboxylic acids is 1. The molecule has 0 rings (SSSR count). The van der Waals surface area contributed by atoms with Crippen molar-refractivity contribution in [1.82, 2.24) is 0 Å². The van der Waals surface area contributed by atoms with Crippen LogP contribution in [-0.4, -0.2) is 11.1 Å². The maximum atomic E-state index is 9.37. The summed E-state index contributed by atoms with van der Waals surface area (Å²) in [4.78, 5) is 9.37. The molecular weight excluding hydrogens is 187 g/mol. The predicted octanol–water partition coefficient (Wildman–Crippen LogP) is 1.32. The first-order chi connectivity index (χ1) is 2.27. The Morgan fingerprint density at radius 1 is 1.50 bits per heavy atom. The fraction of sp³-hybridized carbons (Fsp3) is 0.667. The van der Waals surface area contributed by atoms with Gasteiger partial charge in [0.05, 0.1) is 0 Å². The van der Waals surface area contributed by atoms with Gasteiger partial charge in [0.15, 0.2) is 0 Å². The van der Waals surface area contributed by atoms with E-state index in [0.29, 0.717) is 0 Å². The van der Waals surface area contributed by atoms with Crippen LogP contribution in [0.4, 0.5) is 0 Å². The van der Waals surface area contributed by atoms with Gasteiger partial charge in [0, 0.05) is 28.1 Å². The van der Waals surface area contributed by atoms with Crippen LogP contribution in [0.3, 0.4) is 0 Å². The van der Waals surface area contributed by atoms with Crippen LogP contribution in [0.2, 0.25) is 0 Å². The van der Waals surface area contributed by atoms with E-state index in [1.807, 2.05) is 0 Å². The third-order valence-corrected chi connectivity index (χ3v) is 0.302. The van der Waals surface area contributed by atoms with Gasteiger partial charge in [-0.15, -0.1) is 24.8 Å². The molecule has 2 nitrogen and oxygen atoms in total. The fourth-order valence-corrected chi connectivity index (χ4v) is 0. The third kappa shape index (κ3) is 29.4. The molecule has 0 spiro atoms. The normalized spacial score (nSPS) is 4.62. The van der Waals surface area contributed by atoms with E-state index >= 15 is 0 Å². The maximum Gasteiger partial charge on any atom is 0.303 e. The van der Waals surface area contributed by atoms with Gasteiger partial charge < -0.3 is 5.11 Å². The van der Waals surface area contributed by atoms with E-state index in [1.54, 1.807) is 6.92 Å². The Morgan fingerprint density at radius 2 is 1.62 bits per heavy atom. The molecule has 0 aliphatic heterocycles. The van der Waals surface area contributed by atoms with Gasteiger partial charge in [-0.2, -0.15) is 0 Å². The van der Waals surface area contributed by atoms with E-state index in [4.69, 9.17) is 5.11 Å². The summed E-state index contributed by atoms with van der Waals surface area (Å²) in [7, 11) is 0. The molecule has 0 aromatic rings. The summed E-state index contributed by atoms with van der Waals surface area (Å²) < 4.78 is 0. The molecule has 0 bridgehead atoms. The first-order valence-corrected chi connectivity index (χ1v) is 1.49. The summed E-state index contributed by atoms with van der Waals surface area (Å²) in [6.45, 7) is 1.60. The SMILES string of the molecule is CCC(=O)O.Cl.Cl.[Ti]. The second-order valence-corrected chi connectivity index (χ2v) is 0.747. The Kier molecular flexibility index (Phi) is 45.5. The largest absolute Gasteiger partial charge is 0.481 e. The van der Waals surface area contributed by atoms with Crippen molar-refractivity contribution in [3.63, 3.8) is 0 Å². The van der Waals surface area contributed by atoms with Crippen molar-refractivity contribution in [2.75, 3.05) is 0 Å². The molecule has 0 heterocycles. The van der Waals surface area contributed by atoms with Gasteiger partial charge >= 0.3 is 5.97 Å². The first kappa shape index (κ1) is 23.3. The van der Waals surface area contributed by atoms with Crippen LogP contribution in [-0.2, 0) is 26.5 Å². The van der Waals surface area contributed by atoms with E-state index < -0.39 is 5.97 Å². The van der Waals surface area contributed by atoms with E-state index in [9.17, 15) is 4.79 Å². The van der Waals surface area contributed by atoms with Crippen molar-refractivity contribution < 1.29 is 31.6 Å². The molecule has 0 saturated heterocycles. The van der Waals surface area contributed by atoms with Gasteiger partial charge in [0.25, 0.3) is 0 Å². The second kappa shape index (κ2) is 15.7. The number of carbonyl (C=O) groups is 1. The molecule has 0 radical (unpaired) electrons. The molecule has 0 aromatic heterocycles. The zero-order valence-electron chi connectivity index (χ0n) is 4.38. The van der Waals surface area contributed by atoms with Crippen LogP contribution in [0.25, 0.3) is 0 Å². The molecule has 8 heavy (non-hydrogen) atoms. The van der Waals surface area contributed by atoms with Gasteiger partial charge in [-0.3, -0.25) is 4.79 Å². The molecule has 0 saturated carbocycles. The summed E-state index contributed by atoms with van der Waals surface area (Å²) in [6, 6.07) is 0. The number of carboxylic acid groups (broad SMARTS) is 1. The number of hydrogen-bond donors (Lipinski definition) is 1.